The number of anilines is 1. The van der Waals surface area contributed by atoms with Crippen LogP contribution in [0.25, 0.3) is 5.69 Å². The molecule has 0 N–H and O–H groups in total. The molecule has 1 saturated heterocycles. The fourth-order valence-corrected chi connectivity index (χ4v) is 5.22. The van der Waals surface area contributed by atoms with E-state index < -0.39 is 0 Å². The lowest BCUT2D eigenvalue weighted by Gasteiger charge is -2.38. The Morgan fingerprint density at radius 3 is 2.18 bits per heavy atom. The van der Waals surface area contributed by atoms with Crippen LogP contribution in [0.15, 0.2) is 48.5 Å². The molecule has 0 atom stereocenters. The van der Waals surface area contributed by atoms with Crippen LogP contribution < -0.4 is 4.90 Å². The number of aromatic nitrogens is 2. The zero-order valence-corrected chi connectivity index (χ0v) is 23.9. The third-order valence-corrected chi connectivity index (χ3v) is 7.35. The summed E-state index contributed by atoms with van der Waals surface area (Å²) in [7, 11) is 0. The molecule has 0 spiro atoms. The Hall–Kier alpha value is -2.90. The maximum Gasteiger partial charge on any atom is 0.254 e. The molecule has 1 aliphatic heterocycles. The lowest BCUT2D eigenvalue weighted by Crippen LogP contribution is -2.49. The summed E-state index contributed by atoms with van der Waals surface area (Å²) in [6.07, 6.45) is 0.729. The summed E-state index contributed by atoms with van der Waals surface area (Å²) in [5, 5.41) is 5.62. The minimum Gasteiger partial charge on any atom is -0.354 e. The zero-order valence-electron chi connectivity index (χ0n) is 23.1. The second-order valence-electron chi connectivity index (χ2n) is 10.7. The van der Waals surface area contributed by atoms with E-state index in [0.717, 1.165) is 55.4 Å². The Morgan fingerprint density at radius 1 is 1.00 bits per heavy atom. The van der Waals surface area contributed by atoms with E-state index in [2.05, 4.69) is 44.4 Å². The molecule has 1 aliphatic rings. The molecule has 4 rings (SSSR count). The number of nitrogens with zero attached hydrogens (tertiary/aromatic N) is 5. The number of benzene rings is 2. The van der Waals surface area contributed by atoms with E-state index >= 15 is 0 Å². The quantitative estimate of drug-likeness (QED) is 0.332. The summed E-state index contributed by atoms with van der Waals surface area (Å²) >= 11 is 6.09. The van der Waals surface area contributed by atoms with Crippen LogP contribution in [0.3, 0.4) is 0 Å². The van der Waals surface area contributed by atoms with Crippen molar-refractivity contribution < 1.29 is 9.18 Å². The van der Waals surface area contributed by atoms with E-state index in [9.17, 15) is 9.18 Å². The molecular formula is C30H39ClFN5O. The van der Waals surface area contributed by atoms with Gasteiger partial charge in [0.1, 0.15) is 11.6 Å². The molecule has 0 bridgehead atoms. The van der Waals surface area contributed by atoms with Gasteiger partial charge in [-0.25, -0.2) is 9.07 Å². The highest BCUT2D eigenvalue weighted by Crippen LogP contribution is 2.31. The Bertz CT molecular complexity index is 1210. The van der Waals surface area contributed by atoms with Crippen LogP contribution in [0.4, 0.5) is 10.2 Å². The number of carbonyl (C=O) groups is 1. The summed E-state index contributed by atoms with van der Waals surface area (Å²) in [6, 6.07) is 14.0. The van der Waals surface area contributed by atoms with Crippen molar-refractivity contribution in [3.8, 4) is 5.69 Å². The molecule has 0 radical (unpaired) electrons. The summed E-state index contributed by atoms with van der Waals surface area (Å²) in [5.41, 5.74) is 3.44. The van der Waals surface area contributed by atoms with Crippen LogP contribution >= 0.6 is 11.6 Å². The van der Waals surface area contributed by atoms with Gasteiger partial charge < -0.3 is 9.80 Å². The van der Waals surface area contributed by atoms with Gasteiger partial charge in [-0.1, -0.05) is 32.4 Å². The minimum absolute atomic E-state index is 0.0254. The topological polar surface area (TPSA) is 44.6 Å². The van der Waals surface area contributed by atoms with Crippen molar-refractivity contribution in [2.24, 2.45) is 5.92 Å². The van der Waals surface area contributed by atoms with E-state index in [1.807, 2.05) is 9.58 Å². The van der Waals surface area contributed by atoms with Gasteiger partial charge in [-0.2, -0.15) is 5.10 Å². The number of carbonyl (C=O) groups excluding carboxylic acids is 1. The third kappa shape index (κ3) is 6.38. The first-order valence-electron chi connectivity index (χ1n) is 13.6. The van der Waals surface area contributed by atoms with Gasteiger partial charge in [0.05, 0.1) is 17.9 Å². The number of piperazine rings is 1. The summed E-state index contributed by atoms with van der Waals surface area (Å²) in [5.74, 6) is 0.985. The number of hydrogen-bond acceptors (Lipinski definition) is 4. The number of halogens is 2. The van der Waals surface area contributed by atoms with Gasteiger partial charge in [0.25, 0.3) is 5.91 Å². The van der Waals surface area contributed by atoms with Gasteiger partial charge in [-0.15, -0.1) is 0 Å². The molecule has 0 unspecified atom stereocenters. The zero-order chi connectivity index (χ0) is 27.4. The van der Waals surface area contributed by atoms with Gasteiger partial charge in [0, 0.05) is 54.9 Å². The van der Waals surface area contributed by atoms with Crippen LogP contribution in [0.1, 0.15) is 56.2 Å². The minimum atomic E-state index is -0.277. The van der Waals surface area contributed by atoms with Gasteiger partial charge in [-0.05, 0) is 74.7 Å². The van der Waals surface area contributed by atoms with Crippen molar-refractivity contribution in [1.82, 2.24) is 19.6 Å². The molecule has 204 valence electrons. The average Bonchev–Trinajstić information content (AvgIpc) is 3.26. The van der Waals surface area contributed by atoms with Gasteiger partial charge in [0.2, 0.25) is 0 Å². The molecule has 6 nitrogen and oxygen atoms in total. The molecule has 1 amide bonds. The molecule has 1 fully saturated rings. The molecule has 3 aromatic rings. The van der Waals surface area contributed by atoms with Gasteiger partial charge >= 0.3 is 0 Å². The number of hydrogen-bond donors (Lipinski definition) is 0. The first-order valence-corrected chi connectivity index (χ1v) is 14.0. The van der Waals surface area contributed by atoms with Crippen molar-refractivity contribution in [2.75, 3.05) is 37.6 Å². The molecule has 1 aromatic heterocycles. The maximum atomic E-state index is 13.8. The summed E-state index contributed by atoms with van der Waals surface area (Å²) < 4.78 is 15.7. The van der Waals surface area contributed by atoms with Crippen LogP contribution in [0.2, 0.25) is 5.02 Å². The molecule has 0 aliphatic carbocycles. The smallest absolute Gasteiger partial charge is 0.254 e. The molecule has 0 saturated carbocycles. The van der Waals surface area contributed by atoms with Crippen molar-refractivity contribution in [1.29, 1.82) is 0 Å². The first-order chi connectivity index (χ1) is 18.2. The lowest BCUT2D eigenvalue weighted by molar-refractivity contribution is 0.0722. The van der Waals surface area contributed by atoms with Crippen molar-refractivity contribution >= 4 is 23.3 Å². The maximum absolute atomic E-state index is 13.8. The number of rotatable bonds is 9. The normalized spacial score (nSPS) is 14.5. The van der Waals surface area contributed by atoms with Crippen molar-refractivity contribution in [3.63, 3.8) is 0 Å². The van der Waals surface area contributed by atoms with Crippen LogP contribution in [0, 0.1) is 11.7 Å². The van der Waals surface area contributed by atoms with E-state index in [0.29, 0.717) is 35.6 Å². The van der Waals surface area contributed by atoms with E-state index in [1.54, 1.807) is 36.4 Å². The van der Waals surface area contributed by atoms with E-state index in [4.69, 9.17) is 16.7 Å². The predicted molar refractivity (Wildman–Crippen MR) is 153 cm³/mol. The number of aryl methyl sites for hydroxylation is 1. The molecule has 8 heteroatoms. The number of amides is 1. The second-order valence-corrected chi connectivity index (χ2v) is 11.1. The molecule has 2 heterocycles. The third-order valence-electron chi connectivity index (χ3n) is 7.10. The van der Waals surface area contributed by atoms with Crippen LogP contribution in [0.5, 0.6) is 0 Å². The van der Waals surface area contributed by atoms with Gasteiger partial charge in [0.15, 0.2) is 0 Å². The van der Waals surface area contributed by atoms with E-state index in [-0.39, 0.29) is 11.7 Å². The van der Waals surface area contributed by atoms with Crippen LogP contribution in [-0.4, -0.2) is 64.3 Å². The van der Waals surface area contributed by atoms with Crippen molar-refractivity contribution in [2.45, 2.75) is 53.6 Å². The average molecular weight is 540 g/mol. The Balaban J connectivity index is 1.77. The Labute approximate surface area is 231 Å². The highest BCUT2D eigenvalue weighted by molar-refractivity contribution is 6.30. The highest BCUT2D eigenvalue weighted by atomic mass is 35.5. The monoisotopic (exact) mass is 539 g/mol. The molecule has 38 heavy (non-hydrogen) atoms. The molecular weight excluding hydrogens is 501 g/mol. The Morgan fingerprint density at radius 2 is 1.63 bits per heavy atom. The lowest BCUT2D eigenvalue weighted by atomic mass is 10.1. The predicted octanol–water partition coefficient (Wildman–Crippen LogP) is 6.06. The SMILES string of the molecule is CCc1nn(-c2ccc(F)cc2)c(N2CCN(C(C)C)CC2)c1CN(CC(C)C)C(=O)c1ccc(Cl)cc1. The largest absolute Gasteiger partial charge is 0.354 e. The summed E-state index contributed by atoms with van der Waals surface area (Å²) in [4.78, 5) is 20.5. The Kier molecular flexibility index (Phi) is 9.11. The van der Waals surface area contributed by atoms with Crippen LogP contribution in [-0.2, 0) is 13.0 Å². The highest BCUT2D eigenvalue weighted by Gasteiger charge is 2.29. The van der Waals surface area contributed by atoms with E-state index in [1.165, 1.54) is 12.1 Å². The fourth-order valence-electron chi connectivity index (χ4n) is 5.09. The molecule has 2 aromatic carbocycles. The summed E-state index contributed by atoms with van der Waals surface area (Å²) in [6.45, 7) is 15.5. The van der Waals surface area contributed by atoms with Gasteiger partial charge in [-0.3, -0.25) is 9.69 Å². The standard InChI is InChI=1S/C30H39ClFN5O/c1-6-28-27(20-36(19-21(2)3)30(38)23-7-9-24(31)10-8-23)29(35-17-15-34(16-18-35)22(4)5)37(33-28)26-13-11-25(32)12-14-26/h7-14,21-22H,6,15-20H2,1-5H3. The van der Waals surface area contributed by atoms with Crippen molar-refractivity contribution in [3.05, 3.63) is 76.2 Å². The second kappa shape index (κ2) is 12.3. The first kappa shape index (κ1) is 28.1. The fraction of sp³-hybridized carbons (Fsp3) is 0.467.